The van der Waals surface area contributed by atoms with Crippen molar-refractivity contribution in [1.82, 2.24) is 0 Å². The van der Waals surface area contributed by atoms with Crippen LogP contribution in [-0.2, 0) is 0 Å². The highest BCUT2D eigenvalue weighted by atomic mass is 79.9. The molecule has 1 atom stereocenters. The average Bonchev–Trinajstić information content (AvgIpc) is 2.16. The highest BCUT2D eigenvalue weighted by molar-refractivity contribution is 9.09. The Balaban J connectivity index is 2.88. The summed E-state index contributed by atoms with van der Waals surface area (Å²) in [5.41, 5.74) is 0.0356. The maximum Gasteiger partial charge on any atom is 0.387 e. The molecule has 1 aromatic rings. The molecule has 0 fully saturated rings. The number of benzene rings is 1. The number of aliphatic hydroxyl groups excluding tert-OH is 1. The lowest BCUT2D eigenvalue weighted by atomic mass is 10.1. The summed E-state index contributed by atoms with van der Waals surface area (Å²) in [6.07, 6.45) is -1.01. The van der Waals surface area contributed by atoms with E-state index >= 15 is 0 Å². The molecule has 84 valence electrons. The molecule has 0 spiro atoms. The van der Waals surface area contributed by atoms with E-state index in [4.69, 9.17) is 0 Å². The Hall–Kier alpha value is -0.750. The van der Waals surface area contributed by atoms with E-state index in [-0.39, 0.29) is 16.6 Å². The number of hydrogen-bond donors (Lipinski definition) is 1. The number of aliphatic hydroxyl groups is 1. The lowest BCUT2D eigenvalue weighted by Gasteiger charge is -2.10. The first-order valence-corrected chi connectivity index (χ1v) is 5.15. The average molecular weight is 285 g/mol. The van der Waals surface area contributed by atoms with Gasteiger partial charge in [-0.15, -0.1) is 0 Å². The third-order valence-corrected chi connectivity index (χ3v) is 2.32. The van der Waals surface area contributed by atoms with Crippen LogP contribution in [0.2, 0.25) is 0 Å². The molecule has 0 radical (unpaired) electrons. The van der Waals surface area contributed by atoms with Crippen molar-refractivity contribution in [1.29, 1.82) is 0 Å². The maximum absolute atomic E-state index is 13.2. The second-order valence-corrected chi connectivity index (χ2v) is 3.38. The lowest BCUT2D eigenvalue weighted by molar-refractivity contribution is -0.0500. The maximum atomic E-state index is 13.2. The lowest BCUT2D eigenvalue weighted by Crippen LogP contribution is -2.05. The summed E-state index contributed by atoms with van der Waals surface area (Å²) in [6, 6.07) is 3.20. The van der Waals surface area contributed by atoms with Gasteiger partial charge in [0.25, 0.3) is 0 Å². The minimum Gasteiger partial charge on any atom is -0.435 e. The van der Waals surface area contributed by atoms with Gasteiger partial charge < -0.3 is 9.84 Å². The fourth-order valence-electron chi connectivity index (χ4n) is 1.04. The van der Waals surface area contributed by atoms with Gasteiger partial charge in [-0.2, -0.15) is 8.78 Å². The first-order valence-electron chi connectivity index (χ1n) is 4.03. The predicted molar refractivity (Wildman–Crippen MR) is 51.8 cm³/mol. The molecule has 0 aliphatic heterocycles. The van der Waals surface area contributed by atoms with Crippen molar-refractivity contribution in [2.75, 3.05) is 5.33 Å². The normalized spacial score (nSPS) is 12.9. The van der Waals surface area contributed by atoms with E-state index < -0.39 is 18.5 Å². The van der Waals surface area contributed by atoms with Crippen molar-refractivity contribution in [3.05, 3.63) is 29.6 Å². The molecule has 1 unspecified atom stereocenters. The van der Waals surface area contributed by atoms with Crippen LogP contribution in [0.1, 0.15) is 11.7 Å². The summed E-state index contributed by atoms with van der Waals surface area (Å²) < 4.78 is 40.8. The zero-order chi connectivity index (χ0) is 11.4. The van der Waals surface area contributed by atoms with Gasteiger partial charge in [0.1, 0.15) is 11.6 Å². The van der Waals surface area contributed by atoms with Crippen LogP contribution in [0.25, 0.3) is 0 Å². The smallest absolute Gasteiger partial charge is 0.387 e. The van der Waals surface area contributed by atoms with E-state index in [1.165, 1.54) is 12.1 Å². The van der Waals surface area contributed by atoms with Crippen LogP contribution in [0, 0.1) is 5.82 Å². The molecule has 0 saturated heterocycles. The van der Waals surface area contributed by atoms with Crippen LogP contribution in [-0.4, -0.2) is 17.0 Å². The summed E-state index contributed by atoms with van der Waals surface area (Å²) in [6.45, 7) is -2.99. The third kappa shape index (κ3) is 3.39. The fraction of sp³-hybridized carbons (Fsp3) is 0.333. The minimum absolute atomic E-state index is 0.0356. The Labute approximate surface area is 92.8 Å². The van der Waals surface area contributed by atoms with Crippen molar-refractivity contribution in [2.45, 2.75) is 12.7 Å². The predicted octanol–water partition coefficient (Wildman–Crippen LogP) is 2.86. The Kier molecular flexibility index (Phi) is 4.41. The van der Waals surface area contributed by atoms with Gasteiger partial charge in [0, 0.05) is 17.0 Å². The molecule has 0 aliphatic carbocycles. The molecule has 0 aromatic heterocycles. The Bertz CT molecular complexity index is 333. The van der Waals surface area contributed by atoms with Gasteiger partial charge in [-0.25, -0.2) is 4.39 Å². The molecule has 0 saturated carbocycles. The standard InChI is InChI=1S/C9H8BrF3O2/c10-4-8(14)6-2-1-5(3-7(6)11)15-9(12)13/h1-3,8-9,14H,4H2. The minimum atomic E-state index is -2.99. The second kappa shape index (κ2) is 5.37. The first kappa shape index (κ1) is 12.3. The zero-order valence-electron chi connectivity index (χ0n) is 7.46. The summed E-state index contributed by atoms with van der Waals surface area (Å²) in [5.74, 6) is -1.05. The molecule has 6 heteroatoms. The molecule has 0 heterocycles. The van der Waals surface area contributed by atoms with Crippen LogP contribution >= 0.6 is 15.9 Å². The molecule has 1 N–H and O–H groups in total. The molecular weight excluding hydrogens is 277 g/mol. The van der Waals surface area contributed by atoms with E-state index in [1.54, 1.807) is 0 Å². The van der Waals surface area contributed by atoms with Gasteiger partial charge in [0.2, 0.25) is 0 Å². The Morgan fingerprint density at radius 1 is 1.40 bits per heavy atom. The first-order chi connectivity index (χ1) is 7.04. The van der Waals surface area contributed by atoms with Crippen molar-refractivity contribution < 1.29 is 23.0 Å². The molecule has 0 aliphatic rings. The van der Waals surface area contributed by atoms with Crippen molar-refractivity contribution >= 4 is 15.9 Å². The molecule has 1 rings (SSSR count). The summed E-state index contributed by atoms with van der Waals surface area (Å²) in [5, 5.41) is 9.47. The van der Waals surface area contributed by atoms with Crippen LogP contribution in [0.3, 0.4) is 0 Å². The SMILES string of the molecule is OC(CBr)c1ccc(OC(F)F)cc1F. The molecular formula is C9H8BrF3O2. The molecule has 2 nitrogen and oxygen atoms in total. The highest BCUT2D eigenvalue weighted by Gasteiger charge is 2.13. The van der Waals surface area contributed by atoms with Crippen LogP contribution < -0.4 is 4.74 Å². The monoisotopic (exact) mass is 284 g/mol. The highest BCUT2D eigenvalue weighted by Crippen LogP contribution is 2.24. The molecule has 15 heavy (non-hydrogen) atoms. The number of rotatable bonds is 4. The van der Waals surface area contributed by atoms with Crippen molar-refractivity contribution in [3.8, 4) is 5.75 Å². The largest absolute Gasteiger partial charge is 0.435 e. The van der Waals surface area contributed by atoms with Gasteiger partial charge in [-0.1, -0.05) is 15.9 Å². The second-order valence-electron chi connectivity index (χ2n) is 2.73. The number of alkyl halides is 3. The van der Waals surface area contributed by atoms with Gasteiger partial charge in [0.05, 0.1) is 6.10 Å². The summed E-state index contributed by atoms with van der Waals surface area (Å²) in [7, 11) is 0. The van der Waals surface area contributed by atoms with Gasteiger partial charge >= 0.3 is 6.61 Å². The quantitative estimate of drug-likeness (QED) is 0.862. The van der Waals surface area contributed by atoms with E-state index in [2.05, 4.69) is 20.7 Å². The van der Waals surface area contributed by atoms with E-state index in [1.807, 2.05) is 0 Å². The summed E-state index contributed by atoms with van der Waals surface area (Å²) in [4.78, 5) is 0. The van der Waals surface area contributed by atoms with Crippen molar-refractivity contribution in [3.63, 3.8) is 0 Å². The van der Waals surface area contributed by atoms with E-state index in [9.17, 15) is 18.3 Å². The zero-order valence-corrected chi connectivity index (χ0v) is 9.05. The summed E-state index contributed by atoms with van der Waals surface area (Å²) >= 11 is 2.98. The number of ether oxygens (including phenoxy) is 1. The number of hydrogen-bond acceptors (Lipinski definition) is 2. The van der Waals surface area contributed by atoms with Gasteiger partial charge in [-0.05, 0) is 12.1 Å². The van der Waals surface area contributed by atoms with E-state index in [0.717, 1.165) is 6.07 Å². The number of halogens is 4. The molecule has 0 bridgehead atoms. The fourth-order valence-corrected chi connectivity index (χ4v) is 1.39. The molecule has 1 aromatic carbocycles. The Morgan fingerprint density at radius 3 is 2.53 bits per heavy atom. The Morgan fingerprint density at radius 2 is 2.07 bits per heavy atom. The van der Waals surface area contributed by atoms with Gasteiger partial charge in [-0.3, -0.25) is 0 Å². The van der Waals surface area contributed by atoms with Crippen LogP contribution in [0.5, 0.6) is 5.75 Å². The van der Waals surface area contributed by atoms with E-state index in [0.29, 0.717) is 0 Å². The van der Waals surface area contributed by atoms with Crippen molar-refractivity contribution in [2.24, 2.45) is 0 Å². The van der Waals surface area contributed by atoms with Crippen LogP contribution in [0.15, 0.2) is 18.2 Å². The molecule has 0 amide bonds. The van der Waals surface area contributed by atoms with Crippen LogP contribution in [0.4, 0.5) is 13.2 Å². The third-order valence-electron chi connectivity index (χ3n) is 1.70. The topological polar surface area (TPSA) is 29.5 Å². The van der Waals surface area contributed by atoms with Gasteiger partial charge in [0.15, 0.2) is 0 Å².